The van der Waals surface area contributed by atoms with Crippen LogP contribution in [0.5, 0.6) is 0 Å². The summed E-state index contributed by atoms with van der Waals surface area (Å²) < 4.78 is 1.91. The Morgan fingerprint density at radius 2 is 1.86 bits per heavy atom. The van der Waals surface area contributed by atoms with Crippen molar-refractivity contribution in [3.05, 3.63) is 53.3 Å². The molecule has 0 amide bonds. The molecule has 2 rings (SSSR count). The lowest BCUT2D eigenvalue weighted by Crippen LogP contribution is -2.40. The molecule has 1 aromatic carbocycles. The van der Waals surface area contributed by atoms with Crippen molar-refractivity contribution in [2.45, 2.75) is 45.7 Å². The fourth-order valence-corrected chi connectivity index (χ4v) is 3.45. The highest BCUT2D eigenvalue weighted by molar-refractivity contribution is 5.79. The Kier molecular flexibility index (Phi) is 8.70. The zero-order chi connectivity index (χ0) is 21.4. The number of hydrogen-bond acceptors (Lipinski definition) is 3. The minimum atomic E-state index is 0.351. The van der Waals surface area contributed by atoms with Crippen LogP contribution in [-0.4, -0.2) is 65.8 Å². The van der Waals surface area contributed by atoms with E-state index in [1.54, 1.807) is 0 Å². The fraction of sp³-hybridized carbons (Fsp3) is 0.565. The van der Waals surface area contributed by atoms with E-state index >= 15 is 0 Å². The van der Waals surface area contributed by atoms with E-state index < -0.39 is 0 Å². The van der Waals surface area contributed by atoms with E-state index in [4.69, 9.17) is 4.99 Å². The van der Waals surface area contributed by atoms with Crippen LogP contribution in [0.25, 0.3) is 0 Å². The molecule has 0 spiro atoms. The van der Waals surface area contributed by atoms with E-state index in [0.717, 1.165) is 37.7 Å². The predicted octanol–water partition coefficient (Wildman–Crippen LogP) is 3.11. The van der Waals surface area contributed by atoms with Gasteiger partial charge in [0.15, 0.2) is 5.96 Å². The number of hydrogen-bond donors (Lipinski definition) is 1. The zero-order valence-electron chi connectivity index (χ0n) is 19.2. The topological polar surface area (TPSA) is 48.7 Å². The minimum absolute atomic E-state index is 0.351. The minimum Gasteiger partial charge on any atom is -0.357 e. The van der Waals surface area contributed by atoms with Crippen molar-refractivity contribution in [1.29, 1.82) is 0 Å². The quantitative estimate of drug-likeness (QED) is 0.521. The molecule has 0 aliphatic carbocycles. The molecule has 1 unspecified atom stereocenters. The number of nitrogens with zero attached hydrogens (tertiary/aromatic N) is 5. The summed E-state index contributed by atoms with van der Waals surface area (Å²) in [7, 11) is 8.34. The summed E-state index contributed by atoms with van der Waals surface area (Å²) in [6.07, 6.45) is 3.11. The van der Waals surface area contributed by atoms with Gasteiger partial charge in [0, 0.05) is 45.0 Å². The van der Waals surface area contributed by atoms with E-state index in [9.17, 15) is 0 Å². The van der Waals surface area contributed by atoms with Crippen molar-refractivity contribution >= 4 is 5.96 Å². The Bertz CT molecular complexity index is 763. The fourth-order valence-electron chi connectivity index (χ4n) is 3.45. The van der Waals surface area contributed by atoms with Crippen LogP contribution < -0.4 is 5.32 Å². The van der Waals surface area contributed by atoms with E-state index in [-0.39, 0.29) is 0 Å². The Morgan fingerprint density at radius 1 is 1.17 bits per heavy atom. The Labute approximate surface area is 176 Å². The average Bonchev–Trinajstić information content (AvgIpc) is 3.05. The molecule has 6 heteroatoms. The Hall–Kier alpha value is -2.34. The summed E-state index contributed by atoms with van der Waals surface area (Å²) in [6, 6.07) is 11.0. The van der Waals surface area contributed by atoms with Gasteiger partial charge in [-0.1, -0.05) is 44.2 Å². The normalized spacial score (nSPS) is 13.2. The van der Waals surface area contributed by atoms with Gasteiger partial charge in [0.1, 0.15) is 0 Å². The van der Waals surface area contributed by atoms with Crippen LogP contribution in [-0.2, 0) is 20.0 Å². The van der Waals surface area contributed by atoms with Crippen LogP contribution in [0.1, 0.15) is 43.5 Å². The van der Waals surface area contributed by atoms with Crippen molar-refractivity contribution in [2.24, 2.45) is 12.0 Å². The number of guanidine groups is 1. The lowest BCUT2D eigenvalue weighted by atomic mass is 10.1. The summed E-state index contributed by atoms with van der Waals surface area (Å²) >= 11 is 0. The molecule has 6 nitrogen and oxygen atoms in total. The second-order valence-electron chi connectivity index (χ2n) is 8.23. The Balaban J connectivity index is 2.12. The Morgan fingerprint density at radius 3 is 2.45 bits per heavy atom. The molecule has 29 heavy (non-hydrogen) atoms. The van der Waals surface area contributed by atoms with Gasteiger partial charge in [0.05, 0.1) is 12.2 Å². The molecule has 0 bridgehead atoms. The molecule has 0 aliphatic rings. The number of rotatable bonds is 9. The molecule has 0 radical (unpaired) electrons. The number of aromatic nitrogens is 2. The van der Waals surface area contributed by atoms with Gasteiger partial charge in [-0.3, -0.25) is 9.67 Å². The molecule has 2 aromatic rings. The second kappa shape index (κ2) is 11.0. The number of likely N-dealkylation sites (N-methyl/N-ethyl adjacent to an activating group) is 1. The third kappa shape index (κ3) is 6.89. The van der Waals surface area contributed by atoms with Crippen LogP contribution in [0.3, 0.4) is 0 Å². The summed E-state index contributed by atoms with van der Waals surface area (Å²) in [5.74, 6) is 1.34. The summed E-state index contributed by atoms with van der Waals surface area (Å²) in [6.45, 7) is 8.88. The van der Waals surface area contributed by atoms with Crippen LogP contribution in [0.2, 0.25) is 0 Å². The third-order valence-corrected chi connectivity index (χ3v) is 5.08. The lowest BCUT2D eigenvalue weighted by Gasteiger charge is -2.26. The first-order valence-electron chi connectivity index (χ1n) is 10.5. The molecule has 1 N–H and O–H groups in total. The van der Waals surface area contributed by atoms with Crippen molar-refractivity contribution in [1.82, 2.24) is 24.9 Å². The monoisotopic (exact) mass is 398 g/mol. The summed E-state index contributed by atoms with van der Waals surface area (Å²) in [5, 5.41) is 8.08. The van der Waals surface area contributed by atoms with E-state index in [2.05, 4.69) is 98.7 Å². The first-order chi connectivity index (χ1) is 13.8. The van der Waals surface area contributed by atoms with Crippen LogP contribution in [0, 0.1) is 0 Å². The highest BCUT2D eigenvalue weighted by Crippen LogP contribution is 2.18. The molecule has 1 atom stereocenters. The van der Waals surface area contributed by atoms with Crippen molar-refractivity contribution in [3.8, 4) is 0 Å². The molecule has 1 aromatic heterocycles. The van der Waals surface area contributed by atoms with Gasteiger partial charge in [-0.15, -0.1) is 0 Å². The lowest BCUT2D eigenvalue weighted by molar-refractivity contribution is 0.297. The van der Waals surface area contributed by atoms with Gasteiger partial charge in [-0.2, -0.15) is 5.10 Å². The largest absolute Gasteiger partial charge is 0.357 e. The first-order valence-corrected chi connectivity index (χ1v) is 10.5. The molecule has 0 saturated heterocycles. The number of aliphatic imine (C=N–C) groups is 1. The zero-order valence-corrected chi connectivity index (χ0v) is 19.2. The van der Waals surface area contributed by atoms with Crippen molar-refractivity contribution < 1.29 is 0 Å². The second-order valence-corrected chi connectivity index (χ2v) is 8.23. The maximum Gasteiger partial charge on any atom is 0.194 e. The maximum atomic E-state index is 4.97. The van der Waals surface area contributed by atoms with Gasteiger partial charge < -0.3 is 15.1 Å². The van der Waals surface area contributed by atoms with E-state index in [1.807, 2.05) is 11.7 Å². The molecule has 0 saturated carbocycles. The smallest absolute Gasteiger partial charge is 0.194 e. The molecular formula is C23H38N6. The van der Waals surface area contributed by atoms with Gasteiger partial charge in [0.2, 0.25) is 0 Å². The molecule has 1 heterocycles. The van der Waals surface area contributed by atoms with Gasteiger partial charge >= 0.3 is 0 Å². The molecular weight excluding hydrogens is 360 g/mol. The number of aryl methyl sites for hydroxylation is 1. The number of benzene rings is 1. The average molecular weight is 399 g/mol. The molecule has 0 aliphatic heterocycles. The predicted molar refractivity (Wildman–Crippen MR) is 122 cm³/mol. The summed E-state index contributed by atoms with van der Waals surface area (Å²) in [5.41, 5.74) is 3.76. The van der Waals surface area contributed by atoms with Gasteiger partial charge in [0.25, 0.3) is 0 Å². The standard InChI is InChI=1S/C23H38N6/c1-8-24-23(28(6)16-20-17-29(7)26-22(20)18(2)3)25-15-21(27(4)5)14-19-12-10-9-11-13-19/h9-13,17-18,21H,8,14-16H2,1-7H3,(H,24,25). The highest BCUT2D eigenvalue weighted by Gasteiger charge is 2.17. The SMILES string of the molecule is CCNC(=NCC(Cc1ccccc1)N(C)C)N(C)Cc1cn(C)nc1C(C)C. The van der Waals surface area contributed by atoms with E-state index in [0.29, 0.717) is 12.0 Å². The van der Waals surface area contributed by atoms with Crippen LogP contribution >= 0.6 is 0 Å². The highest BCUT2D eigenvalue weighted by atomic mass is 15.3. The van der Waals surface area contributed by atoms with Crippen LogP contribution in [0.15, 0.2) is 41.5 Å². The van der Waals surface area contributed by atoms with Gasteiger partial charge in [-0.25, -0.2) is 0 Å². The van der Waals surface area contributed by atoms with E-state index in [1.165, 1.54) is 11.1 Å². The first kappa shape index (κ1) is 22.9. The maximum absolute atomic E-state index is 4.97. The van der Waals surface area contributed by atoms with Crippen LogP contribution in [0.4, 0.5) is 0 Å². The third-order valence-electron chi connectivity index (χ3n) is 5.08. The number of nitrogens with one attached hydrogen (secondary N) is 1. The van der Waals surface area contributed by atoms with Crippen molar-refractivity contribution in [2.75, 3.05) is 34.2 Å². The van der Waals surface area contributed by atoms with Gasteiger partial charge in [-0.05, 0) is 38.9 Å². The molecule has 0 fully saturated rings. The summed E-state index contributed by atoms with van der Waals surface area (Å²) in [4.78, 5) is 9.43. The molecule has 160 valence electrons. The van der Waals surface area contributed by atoms with Crippen molar-refractivity contribution in [3.63, 3.8) is 0 Å².